The first-order chi connectivity index (χ1) is 6.20. The molecule has 0 aromatic carbocycles. The van der Waals surface area contributed by atoms with Crippen molar-refractivity contribution in [3.05, 3.63) is 24.5 Å². The third kappa shape index (κ3) is 2.98. The van der Waals surface area contributed by atoms with Crippen molar-refractivity contribution in [2.75, 3.05) is 19.5 Å². The van der Waals surface area contributed by atoms with E-state index >= 15 is 0 Å². The molecule has 3 N–H and O–H groups in total. The molecule has 70 valence electrons. The van der Waals surface area contributed by atoms with Gasteiger partial charge in [0.05, 0.1) is 5.69 Å². The summed E-state index contributed by atoms with van der Waals surface area (Å²) in [6, 6.07) is 3.62. The molecule has 5 heteroatoms. The number of guanidine groups is 1. The van der Waals surface area contributed by atoms with Gasteiger partial charge in [0.2, 0.25) is 5.96 Å². The van der Waals surface area contributed by atoms with Crippen molar-refractivity contribution in [3.63, 3.8) is 0 Å². The normalized spacial score (nSPS) is 11.1. The molecule has 0 aliphatic rings. The number of nitrogens with one attached hydrogen (secondary N) is 1. The van der Waals surface area contributed by atoms with Gasteiger partial charge in [-0.3, -0.25) is 10.4 Å². The largest absolute Gasteiger partial charge is 0.368 e. The maximum atomic E-state index is 5.56. The number of hydrazone groups is 1. The van der Waals surface area contributed by atoms with Gasteiger partial charge in [0.25, 0.3) is 0 Å². The first-order valence-electron chi connectivity index (χ1n) is 3.86. The molecule has 0 saturated carbocycles. The molecule has 0 radical (unpaired) electrons. The molecule has 0 aliphatic carbocycles. The van der Waals surface area contributed by atoms with Gasteiger partial charge in [-0.1, -0.05) is 0 Å². The van der Waals surface area contributed by atoms with Crippen LogP contribution in [0.3, 0.4) is 0 Å². The number of anilines is 1. The fraction of sp³-hybridized carbons (Fsp3) is 0.250. The van der Waals surface area contributed by atoms with E-state index in [2.05, 4.69) is 15.5 Å². The SMILES string of the molecule is CN(C)/C(N)=N/Nc1ccncc1. The van der Waals surface area contributed by atoms with Crippen molar-refractivity contribution in [2.45, 2.75) is 0 Å². The zero-order chi connectivity index (χ0) is 9.68. The second-order valence-electron chi connectivity index (χ2n) is 2.71. The van der Waals surface area contributed by atoms with Crippen LogP contribution in [0, 0.1) is 0 Å². The Kier molecular flexibility index (Phi) is 3.08. The molecule has 1 heterocycles. The van der Waals surface area contributed by atoms with E-state index in [4.69, 9.17) is 5.73 Å². The molecule has 0 fully saturated rings. The summed E-state index contributed by atoms with van der Waals surface area (Å²) in [5.41, 5.74) is 9.23. The topological polar surface area (TPSA) is 66.5 Å². The van der Waals surface area contributed by atoms with Crippen molar-refractivity contribution < 1.29 is 0 Å². The lowest BCUT2D eigenvalue weighted by molar-refractivity contribution is 0.613. The van der Waals surface area contributed by atoms with E-state index < -0.39 is 0 Å². The van der Waals surface area contributed by atoms with Crippen molar-refractivity contribution in [1.82, 2.24) is 9.88 Å². The Hall–Kier alpha value is -1.78. The Morgan fingerprint density at radius 2 is 2.08 bits per heavy atom. The minimum Gasteiger partial charge on any atom is -0.368 e. The maximum absolute atomic E-state index is 5.56. The highest BCUT2D eigenvalue weighted by molar-refractivity contribution is 5.78. The van der Waals surface area contributed by atoms with Crippen LogP contribution in [0.1, 0.15) is 0 Å². The number of nitrogens with zero attached hydrogens (tertiary/aromatic N) is 3. The summed E-state index contributed by atoms with van der Waals surface area (Å²) in [6.07, 6.45) is 3.37. The molecule has 1 aromatic heterocycles. The Morgan fingerprint density at radius 1 is 1.46 bits per heavy atom. The summed E-state index contributed by atoms with van der Waals surface area (Å²) in [6.45, 7) is 0. The van der Waals surface area contributed by atoms with E-state index in [-0.39, 0.29) is 0 Å². The monoisotopic (exact) mass is 179 g/mol. The lowest BCUT2D eigenvalue weighted by Crippen LogP contribution is -2.31. The molecular formula is C8H13N5. The molecule has 1 aromatic rings. The molecule has 0 saturated heterocycles. The van der Waals surface area contributed by atoms with Gasteiger partial charge in [0.1, 0.15) is 0 Å². The van der Waals surface area contributed by atoms with E-state index in [1.54, 1.807) is 17.3 Å². The van der Waals surface area contributed by atoms with Crippen LogP contribution in [-0.4, -0.2) is 29.9 Å². The minimum absolute atomic E-state index is 0.428. The zero-order valence-corrected chi connectivity index (χ0v) is 7.73. The number of hydrogen-bond donors (Lipinski definition) is 2. The van der Waals surface area contributed by atoms with Gasteiger partial charge < -0.3 is 10.6 Å². The maximum Gasteiger partial charge on any atom is 0.213 e. The van der Waals surface area contributed by atoms with Gasteiger partial charge in [0.15, 0.2) is 0 Å². The predicted molar refractivity (Wildman–Crippen MR) is 53.2 cm³/mol. The van der Waals surface area contributed by atoms with Gasteiger partial charge in [-0.05, 0) is 12.1 Å². The van der Waals surface area contributed by atoms with E-state index in [0.29, 0.717) is 5.96 Å². The highest BCUT2D eigenvalue weighted by atomic mass is 15.4. The molecule has 0 amide bonds. The summed E-state index contributed by atoms with van der Waals surface area (Å²) < 4.78 is 0. The van der Waals surface area contributed by atoms with Gasteiger partial charge in [-0.15, -0.1) is 5.10 Å². The van der Waals surface area contributed by atoms with Gasteiger partial charge in [-0.2, -0.15) is 0 Å². The number of pyridine rings is 1. The third-order valence-corrected chi connectivity index (χ3v) is 1.44. The Balaban J connectivity index is 2.57. The summed E-state index contributed by atoms with van der Waals surface area (Å²) in [4.78, 5) is 5.59. The van der Waals surface area contributed by atoms with Crippen LogP contribution in [0.2, 0.25) is 0 Å². The number of nitrogens with two attached hydrogens (primary N) is 1. The van der Waals surface area contributed by atoms with Gasteiger partial charge >= 0.3 is 0 Å². The summed E-state index contributed by atoms with van der Waals surface area (Å²) in [5.74, 6) is 0.428. The molecule has 1 rings (SSSR count). The van der Waals surface area contributed by atoms with Crippen LogP contribution < -0.4 is 11.2 Å². The predicted octanol–water partition coefficient (Wildman–Crippen LogP) is 0.285. The first kappa shape index (κ1) is 9.31. The van der Waals surface area contributed by atoms with Crippen molar-refractivity contribution in [2.24, 2.45) is 10.8 Å². The van der Waals surface area contributed by atoms with Crippen molar-refractivity contribution >= 4 is 11.6 Å². The fourth-order valence-corrected chi connectivity index (χ4v) is 0.648. The van der Waals surface area contributed by atoms with E-state index in [9.17, 15) is 0 Å². The average Bonchev–Trinajstić information content (AvgIpc) is 2.15. The number of rotatable bonds is 2. The first-order valence-corrected chi connectivity index (χ1v) is 3.86. The molecule has 0 spiro atoms. The summed E-state index contributed by atoms with van der Waals surface area (Å²) >= 11 is 0. The summed E-state index contributed by atoms with van der Waals surface area (Å²) in [5, 5.41) is 3.94. The highest BCUT2D eigenvalue weighted by Crippen LogP contribution is 2.02. The highest BCUT2D eigenvalue weighted by Gasteiger charge is 1.92. The average molecular weight is 179 g/mol. The molecule has 0 aliphatic heterocycles. The van der Waals surface area contributed by atoms with Crippen LogP contribution in [-0.2, 0) is 0 Å². The molecule has 5 nitrogen and oxygen atoms in total. The van der Waals surface area contributed by atoms with Crippen molar-refractivity contribution in [1.29, 1.82) is 0 Å². The molecular weight excluding hydrogens is 166 g/mol. The number of aromatic nitrogens is 1. The standard InChI is InChI=1S/C8H13N5/c1-13(2)8(9)12-11-7-3-5-10-6-4-7/h3-6H,1-2H3,(H2,9,12)(H,10,11). The van der Waals surface area contributed by atoms with Crippen LogP contribution in [0.15, 0.2) is 29.6 Å². The molecule has 0 unspecified atom stereocenters. The van der Waals surface area contributed by atoms with E-state index in [1.807, 2.05) is 26.2 Å². The van der Waals surface area contributed by atoms with Crippen molar-refractivity contribution in [3.8, 4) is 0 Å². The van der Waals surface area contributed by atoms with Gasteiger partial charge in [0, 0.05) is 26.5 Å². The quantitative estimate of drug-likeness (QED) is 0.389. The molecule has 0 atom stereocenters. The van der Waals surface area contributed by atoms with E-state index in [1.165, 1.54) is 0 Å². The van der Waals surface area contributed by atoms with Crippen LogP contribution in [0.4, 0.5) is 5.69 Å². The Morgan fingerprint density at radius 3 is 2.62 bits per heavy atom. The molecule has 0 bridgehead atoms. The summed E-state index contributed by atoms with van der Waals surface area (Å²) in [7, 11) is 3.65. The van der Waals surface area contributed by atoms with E-state index in [0.717, 1.165) is 5.69 Å². The lowest BCUT2D eigenvalue weighted by atomic mass is 10.4. The second-order valence-corrected chi connectivity index (χ2v) is 2.71. The number of hydrogen-bond acceptors (Lipinski definition) is 3. The zero-order valence-electron chi connectivity index (χ0n) is 7.73. The van der Waals surface area contributed by atoms with Crippen LogP contribution >= 0.6 is 0 Å². The fourth-order valence-electron chi connectivity index (χ4n) is 0.648. The van der Waals surface area contributed by atoms with Gasteiger partial charge in [-0.25, -0.2) is 0 Å². The minimum atomic E-state index is 0.428. The smallest absolute Gasteiger partial charge is 0.213 e. The molecule has 13 heavy (non-hydrogen) atoms. The third-order valence-electron chi connectivity index (χ3n) is 1.44. The van der Waals surface area contributed by atoms with Crippen LogP contribution in [0.25, 0.3) is 0 Å². The Labute approximate surface area is 77.3 Å². The lowest BCUT2D eigenvalue weighted by Gasteiger charge is -2.10. The second kappa shape index (κ2) is 4.30. The van der Waals surface area contributed by atoms with Crippen LogP contribution in [0.5, 0.6) is 0 Å². The Bertz CT molecular complexity index is 280.